The van der Waals surface area contributed by atoms with E-state index >= 15 is 0 Å². The summed E-state index contributed by atoms with van der Waals surface area (Å²) in [6, 6.07) is 8.87. The van der Waals surface area contributed by atoms with Crippen LogP contribution in [-0.4, -0.2) is 6.54 Å². The first kappa shape index (κ1) is 9.13. The molecule has 0 spiro atoms. The van der Waals surface area contributed by atoms with Gasteiger partial charge in [0, 0.05) is 6.54 Å². The molecular weight excluding hydrogens is 202 g/mol. The number of benzene rings is 1. The van der Waals surface area contributed by atoms with Crippen LogP contribution >= 0.6 is 11.3 Å². The van der Waals surface area contributed by atoms with Gasteiger partial charge in [-0.1, -0.05) is 18.2 Å². The van der Waals surface area contributed by atoms with Crippen molar-refractivity contribution in [3.05, 3.63) is 46.2 Å². The van der Waals surface area contributed by atoms with Crippen molar-refractivity contribution in [3.8, 4) is 11.1 Å². The van der Waals surface area contributed by atoms with Gasteiger partial charge < -0.3 is 5.32 Å². The Balaban J connectivity index is 2.15. The van der Waals surface area contributed by atoms with E-state index in [0.29, 0.717) is 0 Å². The van der Waals surface area contributed by atoms with Gasteiger partial charge in [0.15, 0.2) is 0 Å². The van der Waals surface area contributed by atoms with Crippen LogP contribution in [0.25, 0.3) is 11.1 Å². The van der Waals surface area contributed by atoms with Gasteiger partial charge in [-0.2, -0.15) is 11.3 Å². The third-order valence-corrected chi connectivity index (χ3v) is 3.66. The molecule has 1 aromatic carbocycles. The Morgan fingerprint density at radius 3 is 3.07 bits per heavy atom. The molecule has 0 fully saturated rings. The van der Waals surface area contributed by atoms with E-state index < -0.39 is 0 Å². The maximum Gasteiger partial charge on any atom is 0.0214 e. The van der Waals surface area contributed by atoms with Crippen LogP contribution in [0, 0.1) is 0 Å². The van der Waals surface area contributed by atoms with Crippen LogP contribution in [0.15, 0.2) is 35.0 Å². The van der Waals surface area contributed by atoms with Crippen molar-refractivity contribution >= 4 is 11.3 Å². The lowest BCUT2D eigenvalue weighted by Crippen LogP contribution is -2.24. The molecule has 76 valence electrons. The number of fused-ring (bicyclic) bond motifs is 1. The topological polar surface area (TPSA) is 12.0 Å². The summed E-state index contributed by atoms with van der Waals surface area (Å²) >= 11 is 1.76. The van der Waals surface area contributed by atoms with Crippen molar-refractivity contribution in [3.63, 3.8) is 0 Å². The minimum Gasteiger partial charge on any atom is -0.312 e. The summed E-state index contributed by atoms with van der Waals surface area (Å²) in [7, 11) is 0. The molecule has 0 amide bonds. The lowest BCUT2D eigenvalue weighted by molar-refractivity contribution is 0.645. The van der Waals surface area contributed by atoms with Crippen LogP contribution in [0.3, 0.4) is 0 Å². The molecule has 2 heterocycles. The van der Waals surface area contributed by atoms with E-state index in [1.807, 2.05) is 0 Å². The minimum absolute atomic E-state index is 1.02. The third kappa shape index (κ3) is 1.60. The smallest absolute Gasteiger partial charge is 0.0214 e. The van der Waals surface area contributed by atoms with Crippen molar-refractivity contribution in [2.75, 3.05) is 6.54 Å². The van der Waals surface area contributed by atoms with Gasteiger partial charge in [-0.3, -0.25) is 0 Å². The van der Waals surface area contributed by atoms with Crippen LogP contribution in [0.2, 0.25) is 0 Å². The van der Waals surface area contributed by atoms with Gasteiger partial charge in [-0.15, -0.1) is 0 Å². The van der Waals surface area contributed by atoms with E-state index in [1.54, 1.807) is 11.3 Å². The Hall–Kier alpha value is -1.12. The second kappa shape index (κ2) is 3.80. The van der Waals surface area contributed by atoms with Crippen molar-refractivity contribution in [2.45, 2.75) is 13.0 Å². The summed E-state index contributed by atoms with van der Waals surface area (Å²) in [5.74, 6) is 0. The van der Waals surface area contributed by atoms with Gasteiger partial charge in [0.2, 0.25) is 0 Å². The zero-order valence-electron chi connectivity index (χ0n) is 8.49. The monoisotopic (exact) mass is 215 g/mol. The summed E-state index contributed by atoms with van der Waals surface area (Å²) in [5.41, 5.74) is 5.76. The maximum absolute atomic E-state index is 3.45. The second-order valence-electron chi connectivity index (χ2n) is 3.88. The molecular formula is C13H13NS. The standard InChI is InChI=1S/C13H13NS/c1-2-10-4-6-14-8-13(10)12(3-1)11-5-7-15-9-11/h1-3,5,7,9,14H,4,6,8H2. The molecule has 0 radical (unpaired) electrons. The molecule has 1 N–H and O–H groups in total. The molecule has 1 aliphatic heterocycles. The van der Waals surface area contributed by atoms with Gasteiger partial charge in [0.05, 0.1) is 0 Å². The molecule has 0 saturated carbocycles. The van der Waals surface area contributed by atoms with Gasteiger partial charge >= 0.3 is 0 Å². The Morgan fingerprint density at radius 2 is 2.20 bits per heavy atom. The first-order valence-corrected chi connectivity index (χ1v) is 6.23. The normalized spacial score (nSPS) is 14.9. The second-order valence-corrected chi connectivity index (χ2v) is 4.66. The number of thiophene rings is 1. The van der Waals surface area contributed by atoms with Crippen LogP contribution in [0.4, 0.5) is 0 Å². The summed E-state index contributed by atoms with van der Waals surface area (Å²) in [4.78, 5) is 0. The summed E-state index contributed by atoms with van der Waals surface area (Å²) in [6.07, 6.45) is 1.16. The minimum atomic E-state index is 1.02. The quantitative estimate of drug-likeness (QED) is 0.771. The molecule has 0 aliphatic carbocycles. The van der Waals surface area contributed by atoms with Gasteiger partial charge in [-0.05, 0) is 52.0 Å². The fourth-order valence-electron chi connectivity index (χ4n) is 2.20. The average Bonchev–Trinajstić information content (AvgIpc) is 2.82. The predicted molar refractivity (Wildman–Crippen MR) is 65.2 cm³/mol. The highest BCUT2D eigenvalue weighted by Gasteiger charge is 2.13. The number of hydrogen-bond acceptors (Lipinski definition) is 2. The highest BCUT2D eigenvalue weighted by Crippen LogP contribution is 2.29. The Morgan fingerprint density at radius 1 is 1.20 bits per heavy atom. The Kier molecular flexibility index (Phi) is 2.31. The number of hydrogen-bond donors (Lipinski definition) is 1. The molecule has 2 aromatic rings. The lowest BCUT2D eigenvalue weighted by Gasteiger charge is -2.19. The molecule has 0 saturated heterocycles. The zero-order chi connectivity index (χ0) is 10.1. The number of nitrogens with one attached hydrogen (secondary N) is 1. The number of rotatable bonds is 1. The van der Waals surface area contributed by atoms with Gasteiger partial charge in [-0.25, -0.2) is 0 Å². The lowest BCUT2D eigenvalue weighted by atomic mass is 9.93. The molecule has 1 aromatic heterocycles. The van der Waals surface area contributed by atoms with Crippen molar-refractivity contribution in [1.29, 1.82) is 0 Å². The first-order valence-electron chi connectivity index (χ1n) is 5.29. The molecule has 0 atom stereocenters. The Labute approximate surface area is 93.8 Å². The molecule has 1 nitrogen and oxygen atoms in total. The van der Waals surface area contributed by atoms with E-state index in [-0.39, 0.29) is 0 Å². The van der Waals surface area contributed by atoms with Crippen LogP contribution < -0.4 is 5.32 Å². The fraction of sp³-hybridized carbons (Fsp3) is 0.231. The highest BCUT2D eigenvalue weighted by atomic mass is 32.1. The van der Waals surface area contributed by atoms with Crippen molar-refractivity contribution in [2.24, 2.45) is 0 Å². The summed E-state index contributed by atoms with van der Waals surface area (Å²) in [5, 5.41) is 7.82. The van der Waals surface area contributed by atoms with Crippen LogP contribution in [0.1, 0.15) is 11.1 Å². The van der Waals surface area contributed by atoms with Gasteiger partial charge in [0.25, 0.3) is 0 Å². The van der Waals surface area contributed by atoms with Crippen molar-refractivity contribution < 1.29 is 0 Å². The fourth-order valence-corrected chi connectivity index (χ4v) is 2.86. The third-order valence-electron chi connectivity index (χ3n) is 2.98. The SMILES string of the molecule is c1cc2c(c(-c3ccsc3)c1)CNCC2. The molecule has 0 bridgehead atoms. The maximum atomic E-state index is 3.45. The van der Waals surface area contributed by atoms with Gasteiger partial charge in [0.1, 0.15) is 0 Å². The zero-order valence-corrected chi connectivity index (χ0v) is 9.31. The molecule has 3 rings (SSSR count). The van der Waals surface area contributed by atoms with E-state index in [2.05, 4.69) is 40.3 Å². The Bertz CT molecular complexity index is 459. The summed E-state index contributed by atoms with van der Waals surface area (Å²) < 4.78 is 0. The summed E-state index contributed by atoms with van der Waals surface area (Å²) in [6.45, 7) is 2.13. The van der Waals surface area contributed by atoms with E-state index in [9.17, 15) is 0 Å². The van der Waals surface area contributed by atoms with Crippen LogP contribution in [-0.2, 0) is 13.0 Å². The first-order chi connectivity index (χ1) is 7.45. The van der Waals surface area contributed by atoms with E-state index in [0.717, 1.165) is 19.5 Å². The van der Waals surface area contributed by atoms with Crippen molar-refractivity contribution in [1.82, 2.24) is 5.32 Å². The highest BCUT2D eigenvalue weighted by molar-refractivity contribution is 7.08. The molecule has 15 heavy (non-hydrogen) atoms. The largest absolute Gasteiger partial charge is 0.312 e. The average molecular weight is 215 g/mol. The van der Waals surface area contributed by atoms with E-state index in [4.69, 9.17) is 0 Å². The van der Waals surface area contributed by atoms with E-state index in [1.165, 1.54) is 22.3 Å². The molecule has 1 aliphatic rings. The molecule has 0 unspecified atom stereocenters. The van der Waals surface area contributed by atoms with Crippen LogP contribution in [0.5, 0.6) is 0 Å². The predicted octanol–water partition coefficient (Wildman–Crippen LogP) is 3.06. The molecule has 2 heteroatoms.